The lowest BCUT2D eigenvalue weighted by molar-refractivity contribution is -0.202. The van der Waals surface area contributed by atoms with Crippen LogP contribution in [-0.4, -0.2) is 73.3 Å². The number of hydrogen-bond donors (Lipinski definition) is 7. The molecule has 0 saturated heterocycles. The highest BCUT2D eigenvalue weighted by atomic mass is 19.4. The molecule has 0 saturated carbocycles. The Kier molecular flexibility index (Phi) is 14.6. The Labute approximate surface area is 245 Å². The number of nitrogen functional groups attached to an aromatic ring is 1. The van der Waals surface area contributed by atoms with Gasteiger partial charge in [-0.3, -0.25) is 24.8 Å². The molecule has 0 bridgehead atoms. The number of nitrogens with one attached hydrogen (secondary N) is 4. The molecule has 1 aromatic rings. The van der Waals surface area contributed by atoms with E-state index >= 15 is 0 Å². The molecule has 0 aromatic heterocycles. The van der Waals surface area contributed by atoms with Crippen LogP contribution in [0.5, 0.6) is 0 Å². The van der Waals surface area contributed by atoms with Crippen LogP contribution in [0.15, 0.2) is 29.3 Å². The summed E-state index contributed by atoms with van der Waals surface area (Å²) in [6, 6.07) is 3.24. The van der Waals surface area contributed by atoms with E-state index in [1.807, 2.05) is 0 Å². The third-order valence-electron chi connectivity index (χ3n) is 6.03. The number of hydrogen-bond acceptors (Lipinski definition) is 8. The molecular formula is C26H37F3N8O6. The molecule has 0 fully saturated rings. The van der Waals surface area contributed by atoms with Crippen LogP contribution in [0, 0.1) is 11.3 Å². The van der Waals surface area contributed by atoms with Crippen molar-refractivity contribution in [2.24, 2.45) is 28.1 Å². The van der Waals surface area contributed by atoms with Gasteiger partial charge in [0.05, 0.1) is 0 Å². The summed E-state index contributed by atoms with van der Waals surface area (Å²) < 4.78 is 41.9. The van der Waals surface area contributed by atoms with E-state index in [2.05, 4.69) is 25.7 Å². The summed E-state index contributed by atoms with van der Waals surface area (Å²) in [5.41, 5.74) is 16.9. The van der Waals surface area contributed by atoms with Crippen molar-refractivity contribution in [1.82, 2.24) is 16.0 Å². The fraction of sp³-hybridized carbons (Fsp3) is 0.500. The van der Waals surface area contributed by atoms with Crippen molar-refractivity contribution in [2.45, 2.75) is 63.7 Å². The monoisotopic (exact) mass is 614 g/mol. The van der Waals surface area contributed by atoms with Crippen LogP contribution >= 0.6 is 0 Å². The highest BCUT2D eigenvalue weighted by Gasteiger charge is 2.43. The van der Waals surface area contributed by atoms with Crippen LogP contribution in [0.25, 0.3) is 0 Å². The van der Waals surface area contributed by atoms with E-state index in [-0.39, 0.29) is 44.0 Å². The van der Waals surface area contributed by atoms with Gasteiger partial charge in [0.15, 0.2) is 5.96 Å². The molecule has 1 unspecified atom stereocenters. The second-order valence-corrected chi connectivity index (χ2v) is 9.40. The Balaban J connectivity index is 3.17. The number of nitrogens with zero attached hydrogens (tertiary/aromatic N) is 1. The summed E-state index contributed by atoms with van der Waals surface area (Å²) in [4.78, 5) is 66.4. The van der Waals surface area contributed by atoms with E-state index in [4.69, 9.17) is 22.6 Å². The number of guanidine groups is 1. The smallest absolute Gasteiger partial charge is 0.385 e. The van der Waals surface area contributed by atoms with Crippen molar-refractivity contribution >= 4 is 41.5 Å². The molecule has 43 heavy (non-hydrogen) atoms. The Hall–Kier alpha value is -4.70. The van der Waals surface area contributed by atoms with Crippen LogP contribution < -0.4 is 33.2 Å². The minimum Gasteiger partial charge on any atom is -0.385 e. The van der Waals surface area contributed by atoms with Gasteiger partial charge in [-0.1, -0.05) is 44.0 Å². The van der Waals surface area contributed by atoms with Crippen LogP contribution in [0.4, 0.5) is 13.2 Å². The lowest BCUT2D eigenvalue weighted by Gasteiger charge is -2.24. The number of amides is 3. The van der Waals surface area contributed by atoms with E-state index in [0.717, 1.165) is 0 Å². The SMILES string of the molecule is CCCC[C@H](NC(=O)C(Cc1ccc(C(=N)N)cc1)C(=O)NC)C(=O)N[C@@H](CCCN=C(N)N)C(=O)OC(=O)C(F)(F)F. The number of carbonyl (C=O) groups excluding carboxylic acids is 5. The first-order valence-corrected chi connectivity index (χ1v) is 13.2. The Morgan fingerprint density at radius 3 is 2.02 bits per heavy atom. The molecule has 14 nitrogen and oxygen atoms in total. The molecular weight excluding hydrogens is 577 g/mol. The predicted molar refractivity (Wildman–Crippen MR) is 149 cm³/mol. The number of carbonyl (C=O) groups is 5. The minimum atomic E-state index is -5.46. The average molecular weight is 615 g/mol. The van der Waals surface area contributed by atoms with Gasteiger partial charge in [-0.2, -0.15) is 13.2 Å². The first kappa shape index (κ1) is 36.3. The van der Waals surface area contributed by atoms with Gasteiger partial charge >= 0.3 is 18.1 Å². The molecule has 17 heteroatoms. The third kappa shape index (κ3) is 12.8. The number of esters is 2. The molecule has 238 valence electrons. The van der Waals surface area contributed by atoms with Crippen molar-refractivity contribution in [2.75, 3.05) is 13.6 Å². The first-order chi connectivity index (χ1) is 20.1. The summed E-state index contributed by atoms with van der Waals surface area (Å²) in [7, 11) is 1.32. The molecule has 0 radical (unpaired) electrons. The van der Waals surface area contributed by atoms with Gasteiger partial charge in [0, 0.05) is 19.2 Å². The van der Waals surface area contributed by atoms with E-state index in [0.29, 0.717) is 24.0 Å². The number of aliphatic imine (C=N–C) groups is 1. The van der Waals surface area contributed by atoms with Crippen molar-refractivity contribution in [1.29, 1.82) is 5.41 Å². The summed E-state index contributed by atoms with van der Waals surface area (Å²) in [5, 5.41) is 14.6. The van der Waals surface area contributed by atoms with Crippen LogP contribution in [-0.2, 0) is 35.1 Å². The maximum atomic E-state index is 13.2. The topological polar surface area (TPSA) is 245 Å². The fourth-order valence-corrected chi connectivity index (χ4v) is 3.73. The minimum absolute atomic E-state index is 0.00526. The van der Waals surface area contributed by atoms with E-state index in [1.165, 1.54) is 7.05 Å². The molecule has 3 amide bonds. The standard InChI is InChI=1S/C26H37F3N8O6/c1-3-4-6-17(36-21(39)16(20(38)34-2)13-14-8-10-15(11-9-14)19(30)31)22(40)37-18(7-5-12-35-25(32)33)23(41)43-24(42)26(27,28)29/h8-11,16-18H,3-7,12-13H2,1-2H3,(H3,30,31)(H,34,38)(H,36,39)(H,37,40)(H4,32,33,35)/t16?,17-,18-/m0/s1. The van der Waals surface area contributed by atoms with Crippen LogP contribution in [0.1, 0.15) is 50.2 Å². The van der Waals surface area contributed by atoms with Crippen LogP contribution in [0.3, 0.4) is 0 Å². The Morgan fingerprint density at radius 2 is 1.51 bits per heavy atom. The predicted octanol–water partition coefficient (Wildman–Crippen LogP) is -0.279. The zero-order chi connectivity index (χ0) is 32.7. The lowest BCUT2D eigenvalue weighted by atomic mass is 9.95. The molecule has 0 heterocycles. The van der Waals surface area contributed by atoms with Gasteiger partial charge in [0.25, 0.3) is 0 Å². The molecule has 10 N–H and O–H groups in total. The molecule has 3 atom stereocenters. The maximum Gasteiger partial charge on any atom is 0.491 e. The van der Waals surface area contributed by atoms with Gasteiger partial charge in [-0.15, -0.1) is 0 Å². The van der Waals surface area contributed by atoms with Gasteiger partial charge in [0.2, 0.25) is 17.7 Å². The largest absolute Gasteiger partial charge is 0.491 e. The summed E-state index contributed by atoms with van der Waals surface area (Å²) in [6.45, 7) is 1.76. The second-order valence-electron chi connectivity index (χ2n) is 9.40. The fourth-order valence-electron chi connectivity index (χ4n) is 3.73. The van der Waals surface area contributed by atoms with Crippen LogP contribution in [0.2, 0.25) is 0 Å². The van der Waals surface area contributed by atoms with Gasteiger partial charge in [-0.05, 0) is 31.2 Å². The quantitative estimate of drug-likeness (QED) is 0.0425. The van der Waals surface area contributed by atoms with Gasteiger partial charge < -0.3 is 37.9 Å². The molecule has 0 aliphatic carbocycles. The summed E-state index contributed by atoms with van der Waals surface area (Å²) in [5.74, 6) is -8.61. The van der Waals surface area contributed by atoms with E-state index in [1.54, 1.807) is 31.2 Å². The zero-order valence-electron chi connectivity index (χ0n) is 23.8. The second kappa shape index (κ2) is 17.3. The van der Waals surface area contributed by atoms with Gasteiger partial charge in [0.1, 0.15) is 23.8 Å². The van der Waals surface area contributed by atoms with Crippen molar-refractivity contribution in [3.63, 3.8) is 0 Å². The van der Waals surface area contributed by atoms with E-state index < -0.39 is 53.8 Å². The van der Waals surface area contributed by atoms with Crippen molar-refractivity contribution < 1.29 is 41.9 Å². The highest BCUT2D eigenvalue weighted by Crippen LogP contribution is 2.18. The number of halogens is 3. The lowest BCUT2D eigenvalue weighted by Crippen LogP contribution is -2.54. The highest BCUT2D eigenvalue weighted by molar-refractivity contribution is 6.02. The molecule has 0 aliphatic rings. The summed E-state index contributed by atoms with van der Waals surface area (Å²) in [6.07, 6.45) is -4.78. The van der Waals surface area contributed by atoms with Gasteiger partial charge in [-0.25, -0.2) is 9.59 Å². The Morgan fingerprint density at radius 1 is 0.930 bits per heavy atom. The zero-order valence-corrected chi connectivity index (χ0v) is 23.8. The number of ether oxygens (including phenoxy) is 1. The number of rotatable bonds is 16. The van der Waals surface area contributed by atoms with Crippen molar-refractivity contribution in [3.8, 4) is 0 Å². The average Bonchev–Trinajstić information content (AvgIpc) is 2.94. The molecule has 1 aromatic carbocycles. The normalized spacial score (nSPS) is 13.0. The number of amidine groups is 1. The third-order valence-corrected chi connectivity index (χ3v) is 6.03. The number of nitrogens with two attached hydrogens (primary N) is 3. The molecule has 0 aliphatic heterocycles. The maximum absolute atomic E-state index is 13.2. The Bertz CT molecular complexity index is 1190. The molecule has 0 spiro atoms. The number of unbranched alkanes of at least 4 members (excludes halogenated alkanes) is 1. The van der Waals surface area contributed by atoms with E-state index in [9.17, 15) is 37.1 Å². The number of benzene rings is 1. The first-order valence-electron chi connectivity index (χ1n) is 13.2. The summed E-state index contributed by atoms with van der Waals surface area (Å²) >= 11 is 0. The molecule has 1 rings (SSSR count). The van der Waals surface area contributed by atoms with Crippen molar-refractivity contribution in [3.05, 3.63) is 35.4 Å². The number of alkyl halides is 3.